The third-order valence-electron chi connectivity index (χ3n) is 2.79. The molecule has 20 heavy (non-hydrogen) atoms. The third kappa shape index (κ3) is 2.48. The van der Waals surface area contributed by atoms with Crippen molar-refractivity contribution in [3.8, 4) is 11.1 Å². The number of carbonyl (C=O) groups is 2. The van der Waals surface area contributed by atoms with Crippen LogP contribution in [0, 0.1) is 5.82 Å². The Morgan fingerprint density at radius 3 is 2.05 bits per heavy atom. The molecule has 0 radical (unpaired) electrons. The Morgan fingerprint density at radius 2 is 1.55 bits per heavy atom. The summed E-state index contributed by atoms with van der Waals surface area (Å²) in [5.74, 6) is -2.21. The van der Waals surface area contributed by atoms with E-state index in [4.69, 9.17) is 23.1 Å². The minimum atomic E-state index is -0.789. The number of rotatable bonds is 3. The topological polar surface area (TPSA) is 86.2 Å². The Morgan fingerprint density at radius 1 is 1.00 bits per heavy atom. The number of halogens is 2. The van der Waals surface area contributed by atoms with Gasteiger partial charge in [-0.25, -0.2) is 4.39 Å². The molecule has 6 heteroatoms. The van der Waals surface area contributed by atoms with E-state index in [1.54, 1.807) is 0 Å². The van der Waals surface area contributed by atoms with Gasteiger partial charge in [-0.2, -0.15) is 0 Å². The fourth-order valence-electron chi connectivity index (χ4n) is 1.94. The fourth-order valence-corrected chi connectivity index (χ4v) is 2.11. The summed E-state index contributed by atoms with van der Waals surface area (Å²) in [6, 6.07) is 8.05. The Kier molecular flexibility index (Phi) is 3.72. The summed E-state index contributed by atoms with van der Waals surface area (Å²) < 4.78 is 14.0. The van der Waals surface area contributed by atoms with E-state index in [0.29, 0.717) is 0 Å². The van der Waals surface area contributed by atoms with Crippen LogP contribution in [-0.4, -0.2) is 11.8 Å². The van der Waals surface area contributed by atoms with E-state index in [9.17, 15) is 14.0 Å². The van der Waals surface area contributed by atoms with Crippen molar-refractivity contribution in [2.45, 2.75) is 0 Å². The number of hydrogen-bond acceptors (Lipinski definition) is 2. The molecule has 2 aromatic rings. The van der Waals surface area contributed by atoms with Crippen LogP contribution in [0.15, 0.2) is 36.4 Å². The van der Waals surface area contributed by atoms with E-state index in [1.165, 1.54) is 30.3 Å². The molecule has 0 fully saturated rings. The van der Waals surface area contributed by atoms with E-state index in [1.807, 2.05) is 0 Å². The lowest BCUT2D eigenvalue weighted by atomic mass is 9.93. The quantitative estimate of drug-likeness (QED) is 0.909. The van der Waals surface area contributed by atoms with E-state index in [2.05, 4.69) is 0 Å². The minimum absolute atomic E-state index is 0.000648. The average molecular weight is 293 g/mol. The molecule has 0 heterocycles. The molecule has 0 saturated carbocycles. The molecule has 0 saturated heterocycles. The summed E-state index contributed by atoms with van der Waals surface area (Å²) in [7, 11) is 0. The van der Waals surface area contributed by atoms with Gasteiger partial charge in [0.2, 0.25) is 11.8 Å². The molecule has 0 aliphatic rings. The summed E-state index contributed by atoms with van der Waals surface area (Å²) in [5.41, 5.74) is 10.6. The average Bonchev–Trinajstić information content (AvgIpc) is 2.40. The molecule has 0 aliphatic carbocycles. The molecule has 4 N–H and O–H groups in total. The molecule has 2 rings (SSSR count). The number of amides is 2. The molecule has 102 valence electrons. The standard InChI is InChI=1S/C14H10ClFN2O2/c15-7-4-5-11(16)10(6-7)12-8(13(17)19)2-1-3-9(12)14(18)20/h1-6H,(H2,17,19)(H2,18,20). The van der Waals surface area contributed by atoms with Crippen molar-refractivity contribution in [2.24, 2.45) is 11.5 Å². The van der Waals surface area contributed by atoms with Gasteiger partial charge in [0, 0.05) is 27.3 Å². The van der Waals surface area contributed by atoms with Gasteiger partial charge in [0.25, 0.3) is 0 Å². The highest BCUT2D eigenvalue weighted by Gasteiger charge is 2.20. The summed E-state index contributed by atoms with van der Waals surface area (Å²) in [5, 5.41) is 0.260. The van der Waals surface area contributed by atoms with Crippen LogP contribution in [0.3, 0.4) is 0 Å². The molecule has 0 unspecified atom stereocenters. The molecule has 0 aliphatic heterocycles. The van der Waals surface area contributed by atoms with Crippen molar-refractivity contribution in [3.05, 3.63) is 58.4 Å². The van der Waals surface area contributed by atoms with Gasteiger partial charge >= 0.3 is 0 Å². The lowest BCUT2D eigenvalue weighted by Crippen LogP contribution is -2.18. The maximum atomic E-state index is 14.0. The van der Waals surface area contributed by atoms with Gasteiger partial charge in [0.1, 0.15) is 5.82 Å². The molecule has 4 nitrogen and oxygen atoms in total. The fraction of sp³-hybridized carbons (Fsp3) is 0. The zero-order chi connectivity index (χ0) is 14.9. The lowest BCUT2D eigenvalue weighted by Gasteiger charge is -2.12. The summed E-state index contributed by atoms with van der Waals surface area (Å²) in [6.07, 6.45) is 0. The molecular weight excluding hydrogens is 283 g/mol. The number of hydrogen-bond donors (Lipinski definition) is 2. The van der Waals surface area contributed by atoms with Crippen LogP contribution in [0.5, 0.6) is 0 Å². The van der Waals surface area contributed by atoms with E-state index in [-0.39, 0.29) is 27.3 Å². The maximum absolute atomic E-state index is 14.0. The first-order valence-corrected chi connectivity index (χ1v) is 5.97. The van der Waals surface area contributed by atoms with Gasteiger partial charge in [-0.1, -0.05) is 17.7 Å². The highest BCUT2D eigenvalue weighted by Crippen LogP contribution is 2.31. The lowest BCUT2D eigenvalue weighted by molar-refractivity contribution is 0.0999. The second-order valence-corrected chi connectivity index (χ2v) is 4.52. The highest BCUT2D eigenvalue weighted by atomic mass is 35.5. The van der Waals surface area contributed by atoms with Crippen molar-refractivity contribution in [1.29, 1.82) is 0 Å². The third-order valence-corrected chi connectivity index (χ3v) is 3.03. The van der Waals surface area contributed by atoms with Crippen LogP contribution in [0.1, 0.15) is 20.7 Å². The van der Waals surface area contributed by atoms with Crippen LogP contribution in [0.25, 0.3) is 11.1 Å². The molecule has 0 aromatic heterocycles. The van der Waals surface area contributed by atoms with Crippen molar-refractivity contribution in [3.63, 3.8) is 0 Å². The van der Waals surface area contributed by atoms with Crippen molar-refractivity contribution in [1.82, 2.24) is 0 Å². The van der Waals surface area contributed by atoms with E-state index < -0.39 is 17.6 Å². The number of benzene rings is 2. The Bertz CT molecular complexity index is 684. The maximum Gasteiger partial charge on any atom is 0.249 e. The van der Waals surface area contributed by atoms with Gasteiger partial charge < -0.3 is 11.5 Å². The normalized spacial score (nSPS) is 10.3. The van der Waals surface area contributed by atoms with Gasteiger partial charge in [0.15, 0.2) is 0 Å². The first kappa shape index (κ1) is 14.0. The zero-order valence-corrected chi connectivity index (χ0v) is 10.9. The minimum Gasteiger partial charge on any atom is -0.366 e. The van der Waals surface area contributed by atoms with Gasteiger partial charge in [-0.3, -0.25) is 9.59 Å². The largest absolute Gasteiger partial charge is 0.366 e. The molecule has 0 atom stereocenters. The number of primary amides is 2. The summed E-state index contributed by atoms with van der Waals surface area (Å²) in [6.45, 7) is 0. The van der Waals surface area contributed by atoms with Crippen molar-refractivity contribution >= 4 is 23.4 Å². The first-order chi connectivity index (χ1) is 9.41. The second kappa shape index (κ2) is 5.30. The van der Waals surface area contributed by atoms with E-state index >= 15 is 0 Å². The first-order valence-electron chi connectivity index (χ1n) is 5.60. The van der Waals surface area contributed by atoms with E-state index in [0.717, 1.165) is 6.07 Å². The molecular formula is C14H10ClFN2O2. The molecule has 2 aromatic carbocycles. The van der Waals surface area contributed by atoms with Crippen LogP contribution in [0.2, 0.25) is 5.02 Å². The summed E-state index contributed by atoms with van der Waals surface area (Å²) >= 11 is 5.83. The molecule has 0 bridgehead atoms. The predicted molar refractivity (Wildman–Crippen MR) is 73.9 cm³/mol. The van der Waals surface area contributed by atoms with Crippen LogP contribution in [-0.2, 0) is 0 Å². The van der Waals surface area contributed by atoms with Gasteiger partial charge in [-0.15, -0.1) is 0 Å². The molecule has 0 spiro atoms. The Balaban J connectivity index is 2.86. The molecule has 2 amide bonds. The number of carbonyl (C=O) groups excluding carboxylic acids is 2. The smallest absolute Gasteiger partial charge is 0.249 e. The van der Waals surface area contributed by atoms with Crippen molar-refractivity contribution in [2.75, 3.05) is 0 Å². The van der Waals surface area contributed by atoms with Gasteiger partial charge in [-0.05, 0) is 30.3 Å². The highest BCUT2D eigenvalue weighted by molar-refractivity contribution is 6.31. The van der Waals surface area contributed by atoms with Gasteiger partial charge in [0.05, 0.1) is 0 Å². The second-order valence-electron chi connectivity index (χ2n) is 4.08. The monoisotopic (exact) mass is 292 g/mol. The zero-order valence-electron chi connectivity index (χ0n) is 10.2. The van der Waals surface area contributed by atoms with Crippen LogP contribution < -0.4 is 11.5 Å². The van der Waals surface area contributed by atoms with Crippen LogP contribution >= 0.6 is 11.6 Å². The SMILES string of the molecule is NC(=O)c1cccc(C(N)=O)c1-c1cc(Cl)ccc1F. The van der Waals surface area contributed by atoms with Crippen molar-refractivity contribution < 1.29 is 14.0 Å². The Labute approximate surface area is 119 Å². The predicted octanol–water partition coefficient (Wildman–Crippen LogP) is 2.34. The van der Waals surface area contributed by atoms with Crippen LogP contribution in [0.4, 0.5) is 4.39 Å². The summed E-state index contributed by atoms with van der Waals surface area (Å²) in [4.78, 5) is 23.0. The Hall–Kier alpha value is -2.40. The number of nitrogens with two attached hydrogens (primary N) is 2.